The minimum atomic E-state index is -0.594. The largest absolute Gasteiger partial charge is 1.00 e. The van der Waals surface area contributed by atoms with E-state index >= 15 is 0 Å². The van der Waals surface area contributed by atoms with Gasteiger partial charge < -0.3 is 31.6 Å². The second-order valence-corrected chi connectivity index (χ2v) is 16.8. The average molecular weight is 768 g/mol. The van der Waals surface area contributed by atoms with E-state index in [0.717, 1.165) is 24.8 Å². The second-order valence-electron chi connectivity index (χ2n) is 15.7. The lowest BCUT2D eigenvalue weighted by Crippen LogP contribution is -3.00. The van der Waals surface area contributed by atoms with Gasteiger partial charge in [0.05, 0.1) is 18.0 Å². The first-order valence-electron chi connectivity index (χ1n) is 16.8. The number of carbonyl (C=O) groups excluding carboxylic acids is 3. The van der Waals surface area contributed by atoms with E-state index in [1.54, 1.807) is 0 Å². The van der Waals surface area contributed by atoms with Crippen LogP contribution in [0.15, 0.2) is 41.7 Å². The summed E-state index contributed by atoms with van der Waals surface area (Å²) in [5.74, 6) is -0.303. The van der Waals surface area contributed by atoms with E-state index in [1.807, 2.05) is 30.6 Å². The maximum absolute atomic E-state index is 13.7. The summed E-state index contributed by atoms with van der Waals surface area (Å²) in [7, 11) is 1.41. The van der Waals surface area contributed by atoms with Crippen molar-refractivity contribution >= 4 is 33.7 Å². The standard InChI is InChI=1S/C37H53BrNO6.BrH/c1-22-25-14-17-36(6)32(35(25,5)16-15-27(22)41)28(42)20-26-31(29(45-23(2)40)21-37(26,36)7)24(33(43)44-8)12-13-30(38)34(3,4)39-18-10-9-11-19-39;/h9-11,18-19,22,25-26,28-30,32,42H,12-17,20-21H2,1-8H3;1H/q+1;/p-1/b31-24-;/t22-,25?,26?,28+,29-,30?,32?,35-,36-,37-;/m0./s1. The number of halogens is 2. The maximum atomic E-state index is 13.7. The van der Waals surface area contributed by atoms with Gasteiger partial charge in [0, 0.05) is 50.8 Å². The van der Waals surface area contributed by atoms with Crippen molar-refractivity contribution in [1.82, 2.24) is 0 Å². The first-order valence-corrected chi connectivity index (χ1v) is 17.7. The van der Waals surface area contributed by atoms with Crippen LogP contribution in [0.25, 0.3) is 0 Å². The first kappa shape index (κ1) is 37.2. The number of pyridine rings is 1. The lowest BCUT2D eigenvalue weighted by Gasteiger charge is -2.68. The van der Waals surface area contributed by atoms with Gasteiger partial charge in [0.15, 0.2) is 17.9 Å². The van der Waals surface area contributed by atoms with Crippen molar-refractivity contribution in [1.29, 1.82) is 0 Å². The van der Waals surface area contributed by atoms with Crippen molar-refractivity contribution in [3.05, 3.63) is 41.7 Å². The Balaban J connectivity index is 0.00000480. The molecule has 4 saturated carbocycles. The van der Waals surface area contributed by atoms with Crippen LogP contribution in [-0.4, -0.2) is 47.0 Å². The number of esters is 2. The Morgan fingerprint density at radius 1 is 1.13 bits per heavy atom. The van der Waals surface area contributed by atoms with Crippen LogP contribution >= 0.6 is 15.9 Å². The number of ketones is 1. The van der Waals surface area contributed by atoms with Gasteiger partial charge in [0.2, 0.25) is 0 Å². The molecule has 0 amide bonds. The Morgan fingerprint density at radius 3 is 2.39 bits per heavy atom. The molecule has 0 saturated heterocycles. The summed E-state index contributed by atoms with van der Waals surface area (Å²) in [5.41, 5.74) is 0.375. The number of aromatic nitrogens is 1. The third-order valence-electron chi connectivity index (χ3n) is 13.4. The molecule has 7 nitrogen and oxygen atoms in total. The van der Waals surface area contributed by atoms with Gasteiger partial charge in [-0.25, -0.2) is 4.79 Å². The van der Waals surface area contributed by atoms with Crippen LogP contribution in [0.4, 0.5) is 0 Å². The van der Waals surface area contributed by atoms with Gasteiger partial charge in [0.1, 0.15) is 11.9 Å². The fourth-order valence-electron chi connectivity index (χ4n) is 10.8. The van der Waals surface area contributed by atoms with Gasteiger partial charge in [-0.1, -0.05) is 49.7 Å². The number of ether oxygens (including phenoxy) is 2. The minimum absolute atomic E-state index is 0. The van der Waals surface area contributed by atoms with E-state index in [-0.39, 0.29) is 73.2 Å². The number of Topliss-reactive ketones (excluding diaryl/α,β-unsaturated/α-hetero) is 1. The van der Waals surface area contributed by atoms with E-state index in [2.05, 4.69) is 62.0 Å². The molecule has 1 aromatic rings. The Bertz CT molecular complexity index is 1360. The molecule has 5 rings (SSSR count). The molecule has 1 heterocycles. The number of aliphatic hydroxyl groups is 1. The highest BCUT2D eigenvalue weighted by molar-refractivity contribution is 9.09. The van der Waals surface area contributed by atoms with Crippen LogP contribution in [0.3, 0.4) is 0 Å². The molecule has 46 heavy (non-hydrogen) atoms. The highest BCUT2D eigenvalue weighted by atomic mass is 79.9. The van der Waals surface area contributed by atoms with E-state index in [4.69, 9.17) is 9.47 Å². The number of alkyl halides is 1. The third-order valence-corrected chi connectivity index (χ3v) is 15.0. The van der Waals surface area contributed by atoms with Crippen LogP contribution in [0, 0.1) is 39.9 Å². The second kappa shape index (κ2) is 13.4. The van der Waals surface area contributed by atoms with E-state index in [1.165, 1.54) is 14.0 Å². The third kappa shape index (κ3) is 5.86. The fourth-order valence-corrected chi connectivity index (χ4v) is 11.2. The molecule has 0 aliphatic heterocycles. The smallest absolute Gasteiger partial charge is 0.333 e. The zero-order valence-electron chi connectivity index (χ0n) is 28.8. The number of aliphatic hydroxyl groups excluding tert-OH is 1. The number of hydrogen-bond acceptors (Lipinski definition) is 6. The lowest BCUT2D eigenvalue weighted by atomic mass is 9.36. The van der Waals surface area contributed by atoms with E-state index < -0.39 is 18.2 Å². The molecule has 4 aliphatic carbocycles. The predicted molar refractivity (Wildman–Crippen MR) is 175 cm³/mol. The zero-order chi connectivity index (χ0) is 33.1. The number of methoxy groups -OCH3 is 1. The Kier molecular flexibility index (Phi) is 10.8. The Hall–Kier alpha value is -1.58. The molecule has 256 valence electrons. The summed E-state index contributed by atoms with van der Waals surface area (Å²) in [4.78, 5) is 39.0. The molecule has 4 fully saturated rings. The van der Waals surface area contributed by atoms with Crippen LogP contribution in [0.1, 0.15) is 99.8 Å². The van der Waals surface area contributed by atoms with Crippen LogP contribution in [0.2, 0.25) is 0 Å². The SMILES string of the molecule is COC(=O)/C(CCC(Br)C(C)(C)[n+]1ccccc1)=C1/C2C[C@@H](O)C3[C@@]4(C)CCC(=O)[C@@H](C)C4CC[C@]3(C)[C@@]2(C)C[C@@H]1OC(C)=O.[Br-]. The molecule has 0 bridgehead atoms. The van der Waals surface area contributed by atoms with Gasteiger partial charge >= 0.3 is 11.9 Å². The van der Waals surface area contributed by atoms with Gasteiger partial charge in [-0.3, -0.25) is 9.59 Å². The summed E-state index contributed by atoms with van der Waals surface area (Å²) in [6.07, 6.45) is 8.34. The number of fused-ring (bicyclic) bond motifs is 5. The highest BCUT2D eigenvalue weighted by Crippen LogP contribution is 2.74. The molecule has 1 N–H and O–H groups in total. The summed E-state index contributed by atoms with van der Waals surface area (Å²) < 4.78 is 13.7. The van der Waals surface area contributed by atoms with Crippen molar-refractivity contribution in [2.24, 2.45) is 39.9 Å². The molecule has 1 aromatic heterocycles. The molecule has 0 spiro atoms. The van der Waals surface area contributed by atoms with Gasteiger partial charge in [0.25, 0.3) is 0 Å². The Labute approximate surface area is 294 Å². The van der Waals surface area contributed by atoms with Crippen LogP contribution in [0.5, 0.6) is 0 Å². The number of hydrogen-bond donors (Lipinski definition) is 1. The number of nitrogens with zero attached hydrogens (tertiary/aromatic N) is 1. The molecule has 4 unspecified atom stereocenters. The molecular formula is C37H53Br2NO6. The van der Waals surface area contributed by atoms with Gasteiger partial charge in [-0.05, 0) is 84.5 Å². The van der Waals surface area contributed by atoms with E-state index in [0.29, 0.717) is 43.5 Å². The summed E-state index contributed by atoms with van der Waals surface area (Å²) in [6, 6.07) is 6.01. The number of rotatable bonds is 7. The van der Waals surface area contributed by atoms with Crippen molar-refractivity contribution in [3.8, 4) is 0 Å². The average Bonchev–Trinajstić information content (AvgIpc) is 3.26. The van der Waals surface area contributed by atoms with Gasteiger partial charge in [-0.2, -0.15) is 4.57 Å². The minimum Gasteiger partial charge on any atom is -1.00 e. The quantitative estimate of drug-likeness (QED) is 0.198. The van der Waals surface area contributed by atoms with Gasteiger partial charge in [-0.15, -0.1) is 0 Å². The maximum Gasteiger partial charge on any atom is 0.333 e. The number of carbonyl (C=O) groups is 3. The van der Waals surface area contributed by atoms with Crippen molar-refractivity contribution in [2.75, 3.05) is 7.11 Å². The molecule has 0 radical (unpaired) electrons. The predicted octanol–water partition coefficient (Wildman–Crippen LogP) is 3.49. The molecule has 4 aliphatic rings. The zero-order valence-corrected chi connectivity index (χ0v) is 31.9. The molecular weight excluding hydrogens is 714 g/mol. The van der Waals surface area contributed by atoms with E-state index in [9.17, 15) is 19.5 Å². The van der Waals surface area contributed by atoms with Crippen LogP contribution in [-0.2, 0) is 29.4 Å². The topological polar surface area (TPSA) is 93.8 Å². The highest BCUT2D eigenvalue weighted by Gasteiger charge is 2.71. The van der Waals surface area contributed by atoms with Crippen molar-refractivity contribution < 1.29 is 50.5 Å². The Morgan fingerprint density at radius 2 is 1.78 bits per heavy atom. The van der Waals surface area contributed by atoms with Crippen molar-refractivity contribution in [2.45, 2.75) is 122 Å². The molecule has 9 heteroatoms. The van der Waals surface area contributed by atoms with Crippen molar-refractivity contribution in [3.63, 3.8) is 0 Å². The summed E-state index contributed by atoms with van der Waals surface area (Å²) in [6.45, 7) is 14.8. The van der Waals surface area contributed by atoms with Crippen LogP contribution < -0.4 is 21.5 Å². The summed E-state index contributed by atoms with van der Waals surface area (Å²) in [5, 5.41) is 12.2. The normalized spacial score (nSPS) is 38.8. The first-order chi connectivity index (χ1) is 21.0. The monoisotopic (exact) mass is 765 g/mol. The lowest BCUT2D eigenvalue weighted by molar-refractivity contribution is -0.757. The summed E-state index contributed by atoms with van der Waals surface area (Å²) >= 11 is 3.95. The fraction of sp³-hybridized carbons (Fsp3) is 0.730. The molecule has 10 atom stereocenters. The molecule has 0 aromatic carbocycles.